The van der Waals surface area contributed by atoms with Gasteiger partial charge in [0.2, 0.25) is 0 Å². The molecule has 0 saturated carbocycles. The van der Waals surface area contributed by atoms with Gasteiger partial charge in [-0.15, -0.1) is 0 Å². The standard InChI is InChI=1S/C13H15BrN2/c14-12-8-16-13-2-1-9(6-11(12)13)5-10-3-4-15-7-10/h1-2,6,8,10,15-16H,3-5,7H2. The highest BCUT2D eigenvalue weighted by molar-refractivity contribution is 9.10. The van der Waals surface area contributed by atoms with Crippen molar-refractivity contribution in [1.29, 1.82) is 0 Å². The van der Waals surface area contributed by atoms with Crippen LogP contribution in [0.1, 0.15) is 12.0 Å². The third-order valence-electron chi connectivity index (χ3n) is 3.38. The molecule has 1 aliphatic heterocycles. The van der Waals surface area contributed by atoms with Crippen LogP contribution in [0.15, 0.2) is 28.9 Å². The second kappa shape index (κ2) is 4.22. The Balaban J connectivity index is 1.88. The van der Waals surface area contributed by atoms with Gasteiger partial charge in [0.25, 0.3) is 0 Å². The lowest BCUT2D eigenvalue weighted by Crippen LogP contribution is -2.10. The van der Waals surface area contributed by atoms with Gasteiger partial charge in [-0.2, -0.15) is 0 Å². The predicted molar refractivity (Wildman–Crippen MR) is 70.7 cm³/mol. The van der Waals surface area contributed by atoms with Gasteiger partial charge in [0, 0.05) is 21.6 Å². The molecule has 16 heavy (non-hydrogen) atoms. The molecule has 1 unspecified atom stereocenters. The van der Waals surface area contributed by atoms with Crippen LogP contribution < -0.4 is 5.32 Å². The van der Waals surface area contributed by atoms with E-state index in [0.717, 1.165) is 10.4 Å². The fourth-order valence-electron chi connectivity index (χ4n) is 2.48. The van der Waals surface area contributed by atoms with Crippen LogP contribution in [0.3, 0.4) is 0 Å². The summed E-state index contributed by atoms with van der Waals surface area (Å²) in [6.45, 7) is 2.35. The Labute approximate surface area is 104 Å². The molecular weight excluding hydrogens is 264 g/mol. The van der Waals surface area contributed by atoms with Crippen LogP contribution in [0.25, 0.3) is 10.9 Å². The minimum atomic E-state index is 0.815. The van der Waals surface area contributed by atoms with Crippen molar-refractivity contribution in [3.63, 3.8) is 0 Å². The predicted octanol–water partition coefficient (Wildman–Crippen LogP) is 3.08. The Morgan fingerprint density at radius 3 is 3.12 bits per heavy atom. The Kier molecular flexibility index (Phi) is 2.74. The highest BCUT2D eigenvalue weighted by Crippen LogP contribution is 2.26. The zero-order valence-electron chi connectivity index (χ0n) is 9.09. The fourth-order valence-corrected chi connectivity index (χ4v) is 2.93. The zero-order valence-corrected chi connectivity index (χ0v) is 10.7. The Morgan fingerprint density at radius 2 is 2.31 bits per heavy atom. The Bertz CT molecular complexity index is 498. The van der Waals surface area contributed by atoms with Crippen LogP contribution in [-0.4, -0.2) is 18.1 Å². The minimum Gasteiger partial charge on any atom is -0.360 e. The van der Waals surface area contributed by atoms with Crippen LogP contribution in [0.4, 0.5) is 0 Å². The lowest BCUT2D eigenvalue weighted by atomic mass is 9.98. The van der Waals surface area contributed by atoms with Gasteiger partial charge in [-0.25, -0.2) is 0 Å². The molecule has 1 aliphatic rings. The maximum absolute atomic E-state index is 3.57. The van der Waals surface area contributed by atoms with Crippen LogP contribution in [-0.2, 0) is 6.42 Å². The first-order chi connectivity index (χ1) is 7.83. The summed E-state index contributed by atoms with van der Waals surface area (Å²) < 4.78 is 1.16. The van der Waals surface area contributed by atoms with Gasteiger partial charge in [-0.05, 0) is 65.5 Å². The van der Waals surface area contributed by atoms with E-state index >= 15 is 0 Å². The first-order valence-corrected chi connectivity index (χ1v) is 6.58. The summed E-state index contributed by atoms with van der Waals surface area (Å²) in [6, 6.07) is 6.72. The number of fused-ring (bicyclic) bond motifs is 1. The zero-order chi connectivity index (χ0) is 11.0. The van der Waals surface area contributed by atoms with Crippen molar-refractivity contribution in [2.45, 2.75) is 12.8 Å². The lowest BCUT2D eigenvalue weighted by Gasteiger charge is -2.08. The molecule has 2 nitrogen and oxygen atoms in total. The van der Waals surface area contributed by atoms with Gasteiger partial charge in [-0.1, -0.05) is 6.07 Å². The molecule has 1 aromatic heterocycles. The average molecular weight is 279 g/mol. The largest absolute Gasteiger partial charge is 0.360 e. The van der Waals surface area contributed by atoms with Crippen molar-refractivity contribution in [2.75, 3.05) is 13.1 Å². The quantitative estimate of drug-likeness (QED) is 0.868. The van der Waals surface area contributed by atoms with Crippen molar-refractivity contribution in [1.82, 2.24) is 10.3 Å². The number of nitrogens with one attached hydrogen (secondary N) is 2. The fraction of sp³-hybridized carbons (Fsp3) is 0.385. The number of rotatable bonds is 2. The molecule has 3 rings (SSSR count). The maximum Gasteiger partial charge on any atom is 0.0465 e. The molecule has 0 aliphatic carbocycles. The molecule has 0 amide bonds. The van der Waals surface area contributed by atoms with Crippen molar-refractivity contribution in [3.05, 3.63) is 34.4 Å². The molecule has 1 fully saturated rings. The normalized spacial score (nSPS) is 20.7. The number of benzene rings is 1. The number of halogens is 1. The highest BCUT2D eigenvalue weighted by atomic mass is 79.9. The molecule has 2 heterocycles. The minimum absolute atomic E-state index is 0.815. The van der Waals surface area contributed by atoms with Crippen molar-refractivity contribution < 1.29 is 0 Å². The van der Waals surface area contributed by atoms with Crippen molar-refractivity contribution in [3.8, 4) is 0 Å². The summed E-state index contributed by atoms with van der Waals surface area (Å²) in [7, 11) is 0. The Hall–Kier alpha value is -0.800. The molecule has 84 valence electrons. The highest BCUT2D eigenvalue weighted by Gasteiger charge is 2.15. The number of aromatic amines is 1. The summed E-state index contributed by atoms with van der Waals surface area (Å²) in [5, 5.41) is 4.72. The van der Waals surface area contributed by atoms with Crippen molar-refractivity contribution in [2.24, 2.45) is 5.92 Å². The second-order valence-electron chi connectivity index (χ2n) is 4.58. The summed E-state index contributed by atoms with van der Waals surface area (Å²) in [4.78, 5) is 3.25. The lowest BCUT2D eigenvalue weighted by molar-refractivity contribution is 0.580. The van der Waals surface area contributed by atoms with E-state index in [9.17, 15) is 0 Å². The molecular formula is C13H15BrN2. The smallest absolute Gasteiger partial charge is 0.0465 e. The van der Waals surface area contributed by atoms with Crippen molar-refractivity contribution >= 4 is 26.8 Å². The number of hydrogen-bond donors (Lipinski definition) is 2. The van der Waals surface area contributed by atoms with Gasteiger partial charge >= 0.3 is 0 Å². The molecule has 0 bridgehead atoms. The molecule has 3 heteroatoms. The van der Waals surface area contributed by atoms with E-state index < -0.39 is 0 Å². The van der Waals surface area contributed by atoms with Crippen LogP contribution >= 0.6 is 15.9 Å². The summed E-state index contributed by atoms with van der Waals surface area (Å²) in [5.74, 6) is 0.815. The maximum atomic E-state index is 3.57. The van der Waals surface area contributed by atoms with Gasteiger partial charge in [0.05, 0.1) is 0 Å². The molecule has 0 radical (unpaired) electrons. The molecule has 2 N–H and O–H groups in total. The third-order valence-corrected chi connectivity index (χ3v) is 4.04. The molecule has 1 saturated heterocycles. The number of hydrogen-bond acceptors (Lipinski definition) is 1. The van der Waals surface area contributed by atoms with E-state index in [0.29, 0.717) is 0 Å². The van der Waals surface area contributed by atoms with E-state index in [-0.39, 0.29) is 0 Å². The van der Waals surface area contributed by atoms with E-state index in [4.69, 9.17) is 0 Å². The van der Waals surface area contributed by atoms with Crippen LogP contribution in [0.2, 0.25) is 0 Å². The van der Waals surface area contributed by atoms with Crippen LogP contribution in [0, 0.1) is 5.92 Å². The van der Waals surface area contributed by atoms with Gasteiger partial charge < -0.3 is 10.3 Å². The number of aromatic nitrogens is 1. The third kappa shape index (κ3) is 1.89. The average Bonchev–Trinajstić information content (AvgIpc) is 2.90. The topological polar surface area (TPSA) is 27.8 Å². The van der Waals surface area contributed by atoms with E-state index in [2.05, 4.69) is 44.4 Å². The SMILES string of the molecule is Brc1c[nH]c2ccc(CC3CCNC3)cc12. The molecule has 0 spiro atoms. The first kappa shape index (κ1) is 10.4. The monoisotopic (exact) mass is 278 g/mol. The molecule has 2 aromatic rings. The van der Waals surface area contributed by atoms with Crippen LogP contribution in [0.5, 0.6) is 0 Å². The first-order valence-electron chi connectivity index (χ1n) is 5.79. The molecule has 1 aromatic carbocycles. The second-order valence-corrected chi connectivity index (χ2v) is 5.43. The van der Waals surface area contributed by atoms with Gasteiger partial charge in [-0.3, -0.25) is 0 Å². The van der Waals surface area contributed by atoms with E-state index in [1.165, 1.54) is 42.4 Å². The summed E-state index contributed by atoms with van der Waals surface area (Å²) in [5.41, 5.74) is 2.65. The number of H-pyrrole nitrogens is 1. The van der Waals surface area contributed by atoms with Gasteiger partial charge in [0.15, 0.2) is 0 Å². The van der Waals surface area contributed by atoms with E-state index in [1.54, 1.807) is 0 Å². The molecule has 1 atom stereocenters. The Morgan fingerprint density at radius 1 is 1.38 bits per heavy atom. The van der Waals surface area contributed by atoms with Gasteiger partial charge in [0.1, 0.15) is 0 Å². The van der Waals surface area contributed by atoms with E-state index in [1.807, 2.05) is 6.20 Å². The summed E-state index contributed by atoms with van der Waals surface area (Å²) >= 11 is 3.57. The summed E-state index contributed by atoms with van der Waals surface area (Å²) in [6.07, 6.45) is 4.51.